The first kappa shape index (κ1) is 20.4. The third kappa shape index (κ3) is 4.56. The van der Waals surface area contributed by atoms with E-state index in [-0.39, 0.29) is 11.7 Å². The van der Waals surface area contributed by atoms with Crippen LogP contribution in [0.15, 0.2) is 30.8 Å². The SMILES string of the molecule is C=C(c1nc(NCNC)cc2c(NC3CCN(C)CC3)cccc12)C(F)(F)F. The molecule has 1 aliphatic rings. The van der Waals surface area contributed by atoms with Gasteiger partial charge in [-0.2, -0.15) is 13.2 Å². The van der Waals surface area contributed by atoms with Gasteiger partial charge < -0.3 is 20.9 Å². The predicted molar refractivity (Wildman–Crippen MR) is 109 cm³/mol. The Hall–Kier alpha value is -2.32. The number of nitrogens with one attached hydrogen (secondary N) is 3. The molecule has 0 saturated carbocycles. The molecule has 3 N–H and O–H groups in total. The van der Waals surface area contributed by atoms with Crippen LogP contribution in [0.5, 0.6) is 0 Å². The zero-order valence-electron chi connectivity index (χ0n) is 16.2. The quantitative estimate of drug-likeness (QED) is 0.650. The van der Waals surface area contributed by atoms with Gasteiger partial charge in [-0.25, -0.2) is 4.98 Å². The molecule has 0 spiro atoms. The number of fused-ring (bicyclic) bond motifs is 1. The van der Waals surface area contributed by atoms with E-state index in [4.69, 9.17) is 0 Å². The van der Waals surface area contributed by atoms with Crippen LogP contribution in [0.3, 0.4) is 0 Å². The van der Waals surface area contributed by atoms with Gasteiger partial charge in [-0.3, -0.25) is 0 Å². The standard InChI is InChI=1S/C20H26F3N5/c1-13(20(21,22)23)19-15-5-4-6-17(26-14-7-9-28(3)10-8-14)16(15)11-18(27-19)25-12-24-2/h4-6,11,14,24,26H,1,7-10,12H2,2-3H3,(H,25,27). The van der Waals surface area contributed by atoms with Gasteiger partial charge in [0.1, 0.15) is 5.82 Å². The van der Waals surface area contributed by atoms with Crippen molar-refractivity contribution in [3.05, 3.63) is 36.5 Å². The topological polar surface area (TPSA) is 52.2 Å². The van der Waals surface area contributed by atoms with Gasteiger partial charge in [-0.1, -0.05) is 18.7 Å². The van der Waals surface area contributed by atoms with Crippen molar-refractivity contribution in [3.8, 4) is 0 Å². The van der Waals surface area contributed by atoms with Crippen LogP contribution in [0.4, 0.5) is 24.7 Å². The molecule has 0 radical (unpaired) electrons. The lowest BCUT2D eigenvalue weighted by atomic mass is 10.0. The van der Waals surface area contributed by atoms with Gasteiger partial charge >= 0.3 is 6.18 Å². The molecule has 1 aromatic heterocycles. The number of anilines is 2. The molecule has 0 bridgehead atoms. The Balaban J connectivity index is 2.04. The van der Waals surface area contributed by atoms with Crippen LogP contribution in [0.2, 0.25) is 0 Å². The van der Waals surface area contributed by atoms with Gasteiger partial charge in [0, 0.05) is 22.5 Å². The Morgan fingerprint density at radius 3 is 2.61 bits per heavy atom. The van der Waals surface area contributed by atoms with E-state index < -0.39 is 11.7 Å². The van der Waals surface area contributed by atoms with Crippen LogP contribution in [-0.2, 0) is 0 Å². The molecule has 1 saturated heterocycles. The smallest absolute Gasteiger partial charge is 0.382 e. The van der Waals surface area contributed by atoms with E-state index in [2.05, 4.69) is 39.5 Å². The molecule has 28 heavy (non-hydrogen) atoms. The lowest BCUT2D eigenvalue weighted by Crippen LogP contribution is -2.36. The van der Waals surface area contributed by atoms with Crippen molar-refractivity contribution >= 4 is 27.9 Å². The van der Waals surface area contributed by atoms with Crippen molar-refractivity contribution in [1.29, 1.82) is 0 Å². The van der Waals surface area contributed by atoms with Crippen molar-refractivity contribution < 1.29 is 13.2 Å². The fourth-order valence-corrected chi connectivity index (χ4v) is 3.41. The molecule has 5 nitrogen and oxygen atoms in total. The molecule has 8 heteroatoms. The van der Waals surface area contributed by atoms with E-state index in [1.165, 1.54) is 0 Å². The summed E-state index contributed by atoms with van der Waals surface area (Å²) in [7, 11) is 3.84. The summed E-state index contributed by atoms with van der Waals surface area (Å²) in [5.41, 5.74) is -0.268. The summed E-state index contributed by atoms with van der Waals surface area (Å²) in [6.07, 6.45) is -2.56. The van der Waals surface area contributed by atoms with E-state index >= 15 is 0 Å². The first-order chi connectivity index (χ1) is 13.3. The fourth-order valence-electron chi connectivity index (χ4n) is 3.41. The van der Waals surface area contributed by atoms with Gasteiger partial charge in [0.2, 0.25) is 0 Å². The molecule has 1 fully saturated rings. The largest absolute Gasteiger partial charge is 0.417 e. The highest BCUT2D eigenvalue weighted by Gasteiger charge is 2.35. The first-order valence-corrected chi connectivity index (χ1v) is 9.33. The number of hydrogen-bond acceptors (Lipinski definition) is 5. The van der Waals surface area contributed by atoms with Gasteiger partial charge in [-0.05, 0) is 52.2 Å². The summed E-state index contributed by atoms with van der Waals surface area (Å²) in [5.74, 6) is 0.375. The molecule has 1 aromatic carbocycles. The predicted octanol–water partition coefficient (Wildman–Crippen LogP) is 3.91. The number of alkyl halides is 3. The molecule has 0 amide bonds. The average Bonchev–Trinajstić information content (AvgIpc) is 2.66. The summed E-state index contributed by atoms with van der Waals surface area (Å²) in [6.45, 7) is 5.64. The molecule has 2 heterocycles. The Morgan fingerprint density at radius 2 is 1.96 bits per heavy atom. The minimum absolute atomic E-state index is 0.143. The third-order valence-corrected chi connectivity index (χ3v) is 5.03. The number of aromatic nitrogens is 1. The number of rotatable bonds is 6. The van der Waals surface area contributed by atoms with Crippen LogP contribution >= 0.6 is 0 Å². The monoisotopic (exact) mass is 393 g/mol. The average molecular weight is 393 g/mol. The highest BCUT2D eigenvalue weighted by atomic mass is 19.4. The zero-order chi connectivity index (χ0) is 20.3. The second kappa shape index (κ2) is 8.36. The van der Waals surface area contributed by atoms with Crippen LogP contribution in [0.1, 0.15) is 18.5 Å². The number of nitrogens with zero attached hydrogens (tertiary/aromatic N) is 2. The highest BCUT2D eigenvalue weighted by Crippen LogP contribution is 2.38. The van der Waals surface area contributed by atoms with E-state index in [0.29, 0.717) is 23.3 Å². The molecule has 0 atom stereocenters. The second-order valence-corrected chi connectivity index (χ2v) is 7.16. The second-order valence-electron chi connectivity index (χ2n) is 7.16. The number of halogens is 3. The fraction of sp³-hybridized carbons (Fsp3) is 0.450. The normalized spacial score (nSPS) is 16.3. The maximum absolute atomic E-state index is 13.4. The summed E-state index contributed by atoms with van der Waals surface area (Å²) in [4.78, 5) is 6.47. The van der Waals surface area contributed by atoms with E-state index in [1.54, 1.807) is 25.2 Å². The van der Waals surface area contributed by atoms with Crippen LogP contribution in [0, 0.1) is 0 Å². The number of allylic oxidation sites excluding steroid dienone is 1. The maximum atomic E-state index is 13.4. The Bertz CT molecular complexity index is 842. The minimum Gasteiger partial charge on any atom is -0.382 e. The lowest BCUT2D eigenvalue weighted by molar-refractivity contribution is -0.0688. The van der Waals surface area contributed by atoms with Gasteiger partial charge in [0.25, 0.3) is 0 Å². The van der Waals surface area contributed by atoms with E-state index in [0.717, 1.165) is 31.6 Å². The number of hydrogen-bond donors (Lipinski definition) is 3. The number of likely N-dealkylation sites (tertiary alicyclic amines) is 1. The Morgan fingerprint density at radius 1 is 1.25 bits per heavy atom. The highest BCUT2D eigenvalue weighted by molar-refractivity contribution is 6.01. The summed E-state index contributed by atoms with van der Waals surface area (Å²) >= 11 is 0. The van der Waals surface area contributed by atoms with Crippen molar-refractivity contribution in [3.63, 3.8) is 0 Å². The molecular formula is C20H26F3N5. The molecule has 0 aliphatic carbocycles. The maximum Gasteiger partial charge on any atom is 0.417 e. The first-order valence-electron chi connectivity index (χ1n) is 9.33. The minimum atomic E-state index is -4.54. The summed E-state index contributed by atoms with van der Waals surface area (Å²) in [5, 5.41) is 10.6. The molecule has 1 aliphatic heterocycles. The van der Waals surface area contributed by atoms with Gasteiger partial charge in [0.15, 0.2) is 0 Å². The van der Waals surface area contributed by atoms with Crippen LogP contribution < -0.4 is 16.0 Å². The van der Waals surface area contributed by atoms with E-state index in [9.17, 15) is 13.2 Å². The lowest BCUT2D eigenvalue weighted by Gasteiger charge is -2.30. The van der Waals surface area contributed by atoms with Crippen molar-refractivity contribution in [1.82, 2.24) is 15.2 Å². The number of piperidine rings is 1. The third-order valence-electron chi connectivity index (χ3n) is 5.03. The van der Waals surface area contributed by atoms with Gasteiger partial charge in [0.05, 0.1) is 17.9 Å². The molecule has 152 valence electrons. The van der Waals surface area contributed by atoms with Gasteiger partial charge in [-0.15, -0.1) is 0 Å². The van der Waals surface area contributed by atoms with Crippen LogP contribution in [0.25, 0.3) is 16.3 Å². The Kier molecular flexibility index (Phi) is 6.10. The summed E-state index contributed by atoms with van der Waals surface area (Å²) in [6, 6.07) is 7.41. The molecular weight excluding hydrogens is 367 g/mol. The van der Waals surface area contributed by atoms with E-state index in [1.807, 2.05) is 6.07 Å². The van der Waals surface area contributed by atoms with Crippen LogP contribution in [-0.4, -0.2) is 56.0 Å². The number of benzene rings is 1. The summed E-state index contributed by atoms with van der Waals surface area (Å²) < 4.78 is 40.1. The number of pyridine rings is 1. The van der Waals surface area contributed by atoms with Crippen molar-refractivity contribution in [2.75, 3.05) is 44.5 Å². The zero-order valence-corrected chi connectivity index (χ0v) is 16.2. The Labute approximate surface area is 163 Å². The molecule has 3 rings (SSSR count). The molecule has 2 aromatic rings. The molecule has 0 unspecified atom stereocenters. The van der Waals surface area contributed by atoms with Crippen molar-refractivity contribution in [2.45, 2.75) is 25.1 Å². The van der Waals surface area contributed by atoms with Crippen molar-refractivity contribution in [2.24, 2.45) is 0 Å².